The SMILES string of the molecule is O=C(Nc1ccc(F)cc1)c1ccc([N+](=O)[O-])o1. The third-order valence-corrected chi connectivity index (χ3v) is 2.10. The number of carbonyl (C=O) groups is 1. The molecule has 0 aliphatic heterocycles. The van der Waals surface area contributed by atoms with Crippen LogP contribution in [0, 0.1) is 15.9 Å². The molecule has 0 aliphatic carbocycles. The Labute approximate surface area is 100 Å². The van der Waals surface area contributed by atoms with Crippen LogP contribution in [0.4, 0.5) is 16.0 Å². The van der Waals surface area contributed by atoms with Crippen LogP contribution in [0.5, 0.6) is 0 Å². The number of furan rings is 1. The van der Waals surface area contributed by atoms with E-state index in [-0.39, 0.29) is 5.76 Å². The van der Waals surface area contributed by atoms with E-state index in [9.17, 15) is 19.3 Å². The first-order chi connectivity index (χ1) is 8.56. The molecule has 2 rings (SSSR count). The molecular formula is C11H7FN2O4. The Morgan fingerprint density at radius 1 is 1.22 bits per heavy atom. The Morgan fingerprint density at radius 2 is 1.89 bits per heavy atom. The molecule has 0 saturated carbocycles. The largest absolute Gasteiger partial charge is 0.433 e. The minimum absolute atomic E-state index is 0.189. The zero-order valence-corrected chi connectivity index (χ0v) is 8.92. The van der Waals surface area contributed by atoms with Crippen molar-refractivity contribution in [3.8, 4) is 0 Å². The Kier molecular flexibility index (Phi) is 3.05. The summed E-state index contributed by atoms with van der Waals surface area (Å²) in [5.74, 6) is -1.78. The molecule has 1 amide bonds. The summed E-state index contributed by atoms with van der Waals surface area (Å²) in [4.78, 5) is 21.2. The standard InChI is InChI=1S/C11H7FN2O4/c12-7-1-3-8(4-2-7)13-11(15)9-5-6-10(18-9)14(16)17/h1-6H,(H,13,15). The number of carbonyl (C=O) groups excluding carboxylic acids is 1. The number of hydrogen-bond donors (Lipinski definition) is 1. The summed E-state index contributed by atoms with van der Waals surface area (Å²) in [7, 11) is 0. The number of rotatable bonds is 3. The minimum Gasteiger partial charge on any atom is -0.395 e. The van der Waals surface area contributed by atoms with Crippen LogP contribution >= 0.6 is 0 Å². The van der Waals surface area contributed by atoms with E-state index in [0.29, 0.717) is 5.69 Å². The average molecular weight is 250 g/mol. The molecule has 92 valence electrons. The fourth-order valence-electron chi connectivity index (χ4n) is 1.27. The highest BCUT2D eigenvalue weighted by Crippen LogP contribution is 2.17. The first-order valence-corrected chi connectivity index (χ1v) is 4.87. The molecule has 7 heteroatoms. The third kappa shape index (κ3) is 2.51. The summed E-state index contributed by atoms with van der Waals surface area (Å²) >= 11 is 0. The molecule has 0 bridgehead atoms. The summed E-state index contributed by atoms with van der Waals surface area (Å²) in [6.45, 7) is 0. The van der Waals surface area contributed by atoms with E-state index in [1.54, 1.807) is 0 Å². The van der Waals surface area contributed by atoms with Crippen LogP contribution in [0.25, 0.3) is 0 Å². The van der Waals surface area contributed by atoms with Gasteiger partial charge in [0.25, 0.3) is 5.91 Å². The average Bonchev–Trinajstić information content (AvgIpc) is 2.81. The van der Waals surface area contributed by atoms with Gasteiger partial charge in [0.05, 0.1) is 6.07 Å². The lowest BCUT2D eigenvalue weighted by Crippen LogP contribution is -2.10. The fourth-order valence-corrected chi connectivity index (χ4v) is 1.27. The van der Waals surface area contributed by atoms with Crippen LogP contribution in [0.3, 0.4) is 0 Å². The van der Waals surface area contributed by atoms with E-state index in [0.717, 1.165) is 6.07 Å². The number of amides is 1. The Bertz CT molecular complexity index is 591. The Hall–Kier alpha value is -2.70. The van der Waals surface area contributed by atoms with Gasteiger partial charge in [-0.25, -0.2) is 4.39 Å². The molecule has 1 aromatic carbocycles. The van der Waals surface area contributed by atoms with E-state index in [1.165, 1.54) is 30.3 Å². The molecule has 2 aromatic rings. The van der Waals surface area contributed by atoms with Crippen molar-refractivity contribution in [1.82, 2.24) is 0 Å². The second kappa shape index (κ2) is 4.66. The molecule has 0 saturated heterocycles. The zero-order valence-electron chi connectivity index (χ0n) is 8.92. The molecule has 0 unspecified atom stereocenters. The lowest BCUT2D eigenvalue weighted by atomic mass is 10.3. The third-order valence-electron chi connectivity index (χ3n) is 2.10. The molecule has 6 nitrogen and oxygen atoms in total. The number of halogens is 1. The molecule has 0 fully saturated rings. The van der Waals surface area contributed by atoms with Gasteiger partial charge in [-0.3, -0.25) is 14.9 Å². The maximum absolute atomic E-state index is 12.6. The van der Waals surface area contributed by atoms with Crippen LogP contribution in [-0.4, -0.2) is 10.8 Å². The summed E-state index contributed by atoms with van der Waals surface area (Å²) in [5.41, 5.74) is 0.362. The molecule has 1 heterocycles. The van der Waals surface area contributed by atoms with Crippen molar-refractivity contribution in [2.24, 2.45) is 0 Å². The highest BCUT2D eigenvalue weighted by Gasteiger charge is 2.17. The van der Waals surface area contributed by atoms with E-state index in [2.05, 4.69) is 5.32 Å². The molecule has 0 aliphatic rings. The Balaban J connectivity index is 2.11. The van der Waals surface area contributed by atoms with Crippen molar-refractivity contribution >= 4 is 17.5 Å². The van der Waals surface area contributed by atoms with Crippen LogP contribution in [0.1, 0.15) is 10.6 Å². The highest BCUT2D eigenvalue weighted by molar-refractivity contribution is 6.02. The maximum atomic E-state index is 12.6. The van der Waals surface area contributed by atoms with Crippen LogP contribution in [-0.2, 0) is 0 Å². The molecular weight excluding hydrogens is 243 g/mol. The topological polar surface area (TPSA) is 85.4 Å². The zero-order chi connectivity index (χ0) is 13.1. The normalized spacial score (nSPS) is 10.1. The quantitative estimate of drug-likeness (QED) is 0.670. The molecule has 0 atom stereocenters. The number of anilines is 1. The molecule has 0 spiro atoms. The number of nitrogens with zero attached hydrogens (tertiary/aromatic N) is 1. The predicted octanol–water partition coefficient (Wildman–Crippen LogP) is 2.58. The van der Waals surface area contributed by atoms with Gasteiger partial charge in [-0.15, -0.1) is 0 Å². The van der Waals surface area contributed by atoms with Gasteiger partial charge in [0, 0.05) is 5.69 Å². The minimum atomic E-state index is -0.741. The van der Waals surface area contributed by atoms with Crippen molar-refractivity contribution in [2.45, 2.75) is 0 Å². The van der Waals surface area contributed by atoms with Gasteiger partial charge in [0.2, 0.25) is 0 Å². The van der Waals surface area contributed by atoms with Gasteiger partial charge in [-0.2, -0.15) is 0 Å². The van der Waals surface area contributed by atoms with E-state index < -0.39 is 22.5 Å². The van der Waals surface area contributed by atoms with Crippen molar-refractivity contribution in [1.29, 1.82) is 0 Å². The Morgan fingerprint density at radius 3 is 2.44 bits per heavy atom. The van der Waals surface area contributed by atoms with Crippen LogP contribution in [0.15, 0.2) is 40.8 Å². The molecule has 0 radical (unpaired) electrons. The summed E-state index contributed by atoms with van der Waals surface area (Å²) in [6.07, 6.45) is 0. The lowest BCUT2D eigenvalue weighted by Gasteiger charge is -2.01. The van der Waals surface area contributed by atoms with E-state index in [1.807, 2.05) is 0 Å². The first kappa shape index (κ1) is 11.8. The smallest absolute Gasteiger partial charge is 0.395 e. The van der Waals surface area contributed by atoms with Crippen molar-refractivity contribution < 1.29 is 18.5 Å². The van der Waals surface area contributed by atoms with Crippen LogP contribution < -0.4 is 5.32 Å². The summed E-state index contributed by atoms with van der Waals surface area (Å²) in [6, 6.07) is 7.37. The van der Waals surface area contributed by atoms with E-state index in [4.69, 9.17) is 4.42 Å². The summed E-state index contributed by atoms with van der Waals surface area (Å²) < 4.78 is 17.4. The monoisotopic (exact) mass is 250 g/mol. The van der Waals surface area contributed by atoms with Gasteiger partial charge in [-0.1, -0.05) is 0 Å². The van der Waals surface area contributed by atoms with Gasteiger partial charge in [0.15, 0.2) is 5.76 Å². The highest BCUT2D eigenvalue weighted by atomic mass is 19.1. The van der Waals surface area contributed by atoms with E-state index >= 15 is 0 Å². The predicted molar refractivity (Wildman–Crippen MR) is 59.7 cm³/mol. The second-order valence-electron chi connectivity index (χ2n) is 3.36. The van der Waals surface area contributed by atoms with Crippen molar-refractivity contribution in [3.63, 3.8) is 0 Å². The lowest BCUT2D eigenvalue weighted by molar-refractivity contribution is -0.402. The number of benzene rings is 1. The molecule has 1 aromatic heterocycles. The molecule has 18 heavy (non-hydrogen) atoms. The molecule has 1 N–H and O–H groups in total. The number of hydrogen-bond acceptors (Lipinski definition) is 4. The van der Waals surface area contributed by atoms with Gasteiger partial charge in [0.1, 0.15) is 10.7 Å². The number of nitrogens with one attached hydrogen (secondary N) is 1. The van der Waals surface area contributed by atoms with Gasteiger partial charge in [-0.05, 0) is 30.3 Å². The fraction of sp³-hybridized carbons (Fsp3) is 0. The number of nitro groups is 1. The van der Waals surface area contributed by atoms with Gasteiger partial charge >= 0.3 is 5.88 Å². The summed E-state index contributed by atoms with van der Waals surface area (Å²) in [5, 5.41) is 12.8. The van der Waals surface area contributed by atoms with Crippen LogP contribution in [0.2, 0.25) is 0 Å². The maximum Gasteiger partial charge on any atom is 0.433 e. The second-order valence-corrected chi connectivity index (χ2v) is 3.36. The van der Waals surface area contributed by atoms with Gasteiger partial charge < -0.3 is 9.73 Å². The van der Waals surface area contributed by atoms with Crippen molar-refractivity contribution in [3.05, 3.63) is 58.1 Å². The van der Waals surface area contributed by atoms with Crippen molar-refractivity contribution in [2.75, 3.05) is 5.32 Å². The first-order valence-electron chi connectivity index (χ1n) is 4.87.